The average molecular weight is 746 g/mol. The van der Waals surface area contributed by atoms with Gasteiger partial charge in [0, 0.05) is 38.6 Å². The van der Waals surface area contributed by atoms with Crippen LogP contribution in [0.4, 0.5) is 0 Å². The van der Waals surface area contributed by atoms with Crippen molar-refractivity contribution in [1.82, 2.24) is 14.5 Å². The third kappa shape index (κ3) is 5.69. The van der Waals surface area contributed by atoms with Crippen LogP contribution in [0.25, 0.3) is 50.5 Å². The van der Waals surface area contributed by atoms with Crippen molar-refractivity contribution in [2.75, 3.05) is 0 Å². The molecule has 0 aliphatic rings. The Kier molecular flexibility index (Phi) is 8.20. The summed E-state index contributed by atoms with van der Waals surface area (Å²) < 4.78 is 2.13. The van der Waals surface area contributed by atoms with Crippen molar-refractivity contribution >= 4 is 11.0 Å². The summed E-state index contributed by atoms with van der Waals surface area (Å²) >= 11 is 0. The van der Waals surface area contributed by atoms with E-state index >= 15 is 0 Å². The van der Waals surface area contributed by atoms with Crippen LogP contribution in [0, 0.1) is 6.07 Å². The van der Waals surface area contributed by atoms with Crippen molar-refractivity contribution in [2.45, 2.75) is 52.4 Å². The Morgan fingerprint density at radius 3 is 1.95 bits per heavy atom. The molecule has 5 heteroatoms. The van der Waals surface area contributed by atoms with Crippen LogP contribution in [-0.2, 0) is 31.9 Å². The maximum absolute atomic E-state index is 10.9. The molecule has 0 saturated carbocycles. The number of aromatic nitrogens is 3. The van der Waals surface area contributed by atoms with Crippen molar-refractivity contribution in [3.8, 4) is 45.2 Å². The fourth-order valence-electron chi connectivity index (χ4n) is 5.64. The number of benzene rings is 4. The summed E-state index contributed by atoms with van der Waals surface area (Å²) in [6, 6.07) is 36.2. The predicted molar refractivity (Wildman–Crippen MR) is 173 cm³/mol. The van der Waals surface area contributed by atoms with Crippen LogP contribution in [-0.4, -0.2) is 19.6 Å². The molecule has 6 aromatic rings. The summed E-state index contributed by atoms with van der Waals surface area (Å²) in [6.45, 7) is 13.5. The Morgan fingerprint density at radius 1 is 0.674 bits per heavy atom. The van der Waals surface area contributed by atoms with Crippen molar-refractivity contribution in [1.29, 1.82) is 0 Å². The van der Waals surface area contributed by atoms with E-state index in [9.17, 15) is 5.11 Å². The smallest absolute Gasteiger partial charge is 0.148 e. The molecule has 6 rings (SSSR count). The Balaban J connectivity index is 0.00000368. The first-order valence-corrected chi connectivity index (χ1v) is 14.4. The molecule has 0 aliphatic carbocycles. The molecular formula is C38H36N3OPt-. The van der Waals surface area contributed by atoms with E-state index in [-0.39, 0.29) is 37.6 Å². The maximum atomic E-state index is 10.9. The van der Waals surface area contributed by atoms with E-state index in [4.69, 9.17) is 9.97 Å². The number of para-hydroxylation sites is 3. The number of phenols is 1. The molecular weight excluding hydrogens is 710 g/mol. The monoisotopic (exact) mass is 745 g/mol. The first-order chi connectivity index (χ1) is 20.0. The summed E-state index contributed by atoms with van der Waals surface area (Å²) in [5, 5.41) is 10.9. The van der Waals surface area contributed by atoms with E-state index in [0.717, 1.165) is 39.1 Å². The first-order valence-electron chi connectivity index (χ1n) is 14.4. The van der Waals surface area contributed by atoms with Crippen LogP contribution in [0.2, 0.25) is 0 Å². The van der Waals surface area contributed by atoms with Crippen molar-refractivity contribution < 1.29 is 26.2 Å². The number of hydrogen-bond acceptors (Lipinski definition) is 3. The van der Waals surface area contributed by atoms with Crippen LogP contribution in [0.5, 0.6) is 5.75 Å². The quantitative estimate of drug-likeness (QED) is 0.183. The number of pyridine rings is 1. The van der Waals surface area contributed by atoms with Crippen molar-refractivity contribution in [3.63, 3.8) is 0 Å². The summed E-state index contributed by atoms with van der Waals surface area (Å²) in [6.07, 6.45) is 1.84. The second-order valence-electron chi connectivity index (χ2n) is 12.9. The van der Waals surface area contributed by atoms with Crippen LogP contribution in [0.1, 0.15) is 52.7 Å². The standard InChI is InChI=1S/C38H36N3O.Pt/c1-37(2,3)30-24-31(38(4,5)6)29(32-19-12-13-22-39-32)23-28(30)26-18-14-20-33-35(26)40-36(27-17-10-11-21-34(27)42)41(33)25-15-8-7-9-16-25;/h7-22,24,42H,1-6H3;/q-1;. The molecule has 220 valence electrons. The zero-order chi connectivity index (χ0) is 29.6. The normalized spacial score (nSPS) is 11.9. The number of imidazole rings is 1. The van der Waals surface area contributed by atoms with Gasteiger partial charge in [-0.3, -0.25) is 9.55 Å². The van der Waals surface area contributed by atoms with E-state index in [1.165, 1.54) is 11.1 Å². The molecule has 0 unspecified atom stereocenters. The molecule has 4 nitrogen and oxygen atoms in total. The number of nitrogens with zero attached hydrogens (tertiary/aromatic N) is 3. The second kappa shape index (κ2) is 11.6. The molecule has 4 aromatic carbocycles. The topological polar surface area (TPSA) is 50.9 Å². The molecule has 0 aliphatic heterocycles. The summed E-state index contributed by atoms with van der Waals surface area (Å²) in [7, 11) is 0. The minimum absolute atomic E-state index is 0. The molecule has 1 N–H and O–H groups in total. The van der Waals surface area contributed by atoms with E-state index < -0.39 is 0 Å². The maximum Gasteiger partial charge on any atom is 0.148 e. The SMILES string of the molecule is CC(C)(C)c1cc(C(C)(C)C)c(-c2cccc3c2nc(-c2ccccc2O)n3-c2ccccc2)[c-]c1-c1ccccn1.[Pt]. The fraction of sp³-hybridized carbons (Fsp3) is 0.211. The van der Waals surface area contributed by atoms with Crippen LogP contribution in [0.3, 0.4) is 0 Å². The third-order valence-corrected chi connectivity index (χ3v) is 7.73. The zero-order valence-corrected chi connectivity index (χ0v) is 27.7. The molecule has 43 heavy (non-hydrogen) atoms. The van der Waals surface area contributed by atoms with Crippen LogP contribution >= 0.6 is 0 Å². The molecule has 2 aromatic heterocycles. The number of aromatic hydroxyl groups is 1. The fourth-order valence-corrected chi connectivity index (χ4v) is 5.64. The molecule has 0 bridgehead atoms. The Bertz CT molecular complexity index is 1900. The van der Waals surface area contributed by atoms with Gasteiger partial charge < -0.3 is 5.11 Å². The average Bonchev–Trinajstić information content (AvgIpc) is 3.36. The second-order valence-corrected chi connectivity index (χ2v) is 12.9. The Morgan fingerprint density at radius 2 is 1.30 bits per heavy atom. The van der Waals surface area contributed by atoms with E-state index in [1.807, 2.05) is 54.7 Å². The van der Waals surface area contributed by atoms with Gasteiger partial charge in [0.05, 0.1) is 16.6 Å². The predicted octanol–water partition coefficient (Wildman–Crippen LogP) is 9.52. The van der Waals surface area contributed by atoms with Crippen LogP contribution < -0.4 is 0 Å². The molecule has 0 saturated heterocycles. The van der Waals surface area contributed by atoms with Gasteiger partial charge in [-0.1, -0.05) is 107 Å². The Labute approximate surface area is 268 Å². The number of fused-ring (bicyclic) bond motifs is 1. The van der Waals surface area contributed by atoms with Gasteiger partial charge >= 0.3 is 0 Å². The number of rotatable bonds is 4. The van der Waals surface area contributed by atoms with Gasteiger partial charge in [0.15, 0.2) is 0 Å². The van der Waals surface area contributed by atoms with Gasteiger partial charge in [0.25, 0.3) is 0 Å². The molecule has 0 amide bonds. The van der Waals surface area contributed by atoms with E-state index in [0.29, 0.717) is 11.4 Å². The minimum Gasteiger partial charge on any atom is -0.507 e. The summed E-state index contributed by atoms with van der Waals surface area (Å²) in [5.41, 5.74) is 9.57. The van der Waals surface area contributed by atoms with Gasteiger partial charge in [-0.05, 0) is 47.2 Å². The van der Waals surface area contributed by atoms with E-state index in [1.54, 1.807) is 6.07 Å². The largest absolute Gasteiger partial charge is 0.507 e. The molecule has 0 atom stereocenters. The van der Waals surface area contributed by atoms with E-state index in [2.05, 4.69) is 94.6 Å². The van der Waals surface area contributed by atoms with Crippen molar-refractivity contribution in [3.05, 3.63) is 120 Å². The third-order valence-electron chi connectivity index (χ3n) is 7.73. The van der Waals surface area contributed by atoms with Crippen LogP contribution in [0.15, 0.2) is 103 Å². The Hall–Kier alpha value is -4.01. The number of phenolic OH excluding ortho intramolecular Hbond substituents is 1. The first kappa shape index (κ1) is 30.4. The van der Waals surface area contributed by atoms with Gasteiger partial charge in [0.2, 0.25) is 0 Å². The van der Waals surface area contributed by atoms with Crippen molar-refractivity contribution in [2.24, 2.45) is 0 Å². The minimum atomic E-state index is -0.154. The van der Waals surface area contributed by atoms with Gasteiger partial charge in [-0.2, -0.15) is 0 Å². The molecule has 2 heterocycles. The summed E-state index contributed by atoms with van der Waals surface area (Å²) in [4.78, 5) is 10.0. The summed E-state index contributed by atoms with van der Waals surface area (Å²) in [5.74, 6) is 0.885. The molecule has 0 fully saturated rings. The molecule has 0 radical (unpaired) electrons. The zero-order valence-electron chi connectivity index (χ0n) is 25.4. The van der Waals surface area contributed by atoms with Gasteiger partial charge in [0.1, 0.15) is 11.6 Å². The molecule has 0 spiro atoms. The van der Waals surface area contributed by atoms with Gasteiger partial charge in [-0.25, -0.2) is 4.98 Å². The number of hydrogen-bond donors (Lipinski definition) is 1. The van der Waals surface area contributed by atoms with Gasteiger partial charge in [-0.15, -0.1) is 28.8 Å².